The van der Waals surface area contributed by atoms with E-state index >= 15 is 0 Å². The number of hydrogen-bond acceptors (Lipinski definition) is 3. The fourth-order valence-corrected chi connectivity index (χ4v) is 3.72. The molecule has 0 aromatic rings. The molecule has 1 aliphatic carbocycles. The number of rotatable bonds is 4. The zero-order chi connectivity index (χ0) is 10.6. The molecule has 4 nitrogen and oxygen atoms in total. The van der Waals surface area contributed by atoms with Crippen LogP contribution in [0, 0.1) is 0 Å². The lowest BCUT2D eigenvalue weighted by Gasteiger charge is -2.25. The monoisotopic (exact) mass is 219 g/mol. The van der Waals surface area contributed by atoms with E-state index in [4.69, 9.17) is 5.73 Å². The summed E-state index contributed by atoms with van der Waals surface area (Å²) >= 11 is 0. The highest BCUT2D eigenvalue weighted by Crippen LogP contribution is 2.51. The van der Waals surface area contributed by atoms with Crippen LogP contribution in [-0.2, 0) is 4.57 Å². The van der Waals surface area contributed by atoms with Gasteiger partial charge in [0.1, 0.15) is 0 Å². The predicted octanol–water partition coefficient (Wildman–Crippen LogP) is 0.685. The van der Waals surface area contributed by atoms with Gasteiger partial charge in [0.05, 0.1) is 12.3 Å². The van der Waals surface area contributed by atoms with E-state index in [-0.39, 0.29) is 18.4 Å². The summed E-state index contributed by atoms with van der Waals surface area (Å²) in [6, 6.07) is 0. The van der Waals surface area contributed by atoms with Crippen molar-refractivity contribution in [3.63, 3.8) is 0 Å². The van der Waals surface area contributed by atoms with Crippen molar-refractivity contribution < 1.29 is 14.6 Å². The first-order chi connectivity index (χ1) is 6.56. The van der Waals surface area contributed by atoms with Gasteiger partial charge in [-0.3, -0.25) is 4.57 Å². The smallest absolute Gasteiger partial charge is 0.206 e. The third-order valence-electron chi connectivity index (χ3n) is 2.56. The summed E-state index contributed by atoms with van der Waals surface area (Å²) in [5, 5.41) is 9.25. The second-order valence-corrected chi connectivity index (χ2v) is 6.37. The fourth-order valence-electron chi connectivity index (χ4n) is 1.67. The summed E-state index contributed by atoms with van der Waals surface area (Å²) in [6.45, 7) is 0.0487. The molecule has 1 aliphatic rings. The van der Waals surface area contributed by atoms with E-state index < -0.39 is 13.5 Å². The Morgan fingerprint density at radius 3 is 2.79 bits per heavy atom. The van der Waals surface area contributed by atoms with Gasteiger partial charge < -0.3 is 15.7 Å². The molecule has 0 spiro atoms. The summed E-state index contributed by atoms with van der Waals surface area (Å²) in [7, 11) is -3.22. The van der Waals surface area contributed by atoms with Crippen molar-refractivity contribution in [3.05, 3.63) is 12.2 Å². The van der Waals surface area contributed by atoms with Crippen molar-refractivity contribution in [1.82, 2.24) is 0 Å². The van der Waals surface area contributed by atoms with Gasteiger partial charge in [0.15, 0.2) is 0 Å². The van der Waals surface area contributed by atoms with E-state index in [2.05, 4.69) is 0 Å². The number of hydrogen-bond donors (Lipinski definition) is 3. The lowest BCUT2D eigenvalue weighted by atomic mass is 10.1. The molecule has 0 aliphatic heterocycles. The summed E-state index contributed by atoms with van der Waals surface area (Å²) in [5.74, 6) is 0. The maximum Gasteiger partial charge on any atom is 0.206 e. The van der Waals surface area contributed by atoms with Crippen molar-refractivity contribution in [3.8, 4) is 0 Å². The Balaban J connectivity index is 2.55. The number of aliphatic hydroxyl groups excluding tert-OH is 1. The summed E-state index contributed by atoms with van der Waals surface area (Å²) in [5.41, 5.74) is 5.03. The highest BCUT2D eigenvalue weighted by atomic mass is 31.2. The van der Waals surface area contributed by atoms with Gasteiger partial charge in [-0.1, -0.05) is 12.2 Å². The molecule has 82 valence electrons. The Labute approximate surface area is 84.3 Å². The zero-order valence-corrected chi connectivity index (χ0v) is 9.07. The molecular weight excluding hydrogens is 201 g/mol. The second kappa shape index (κ2) is 5.08. The molecule has 0 saturated carbocycles. The van der Waals surface area contributed by atoms with Crippen LogP contribution < -0.4 is 5.73 Å². The van der Waals surface area contributed by atoms with Gasteiger partial charge in [-0.25, -0.2) is 0 Å². The Morgan fingerprint density at radius 1 is 1.57 bits per heavy atom. The SMILES string of the molecule is NCC(O)CP(=O)(O)C1CC=CCC1. The average Bonchev–Trinajstić information content (AvgIpc) is 2.18. The van der Waals surface area contributed by atoms with E-state index in [1.807, 2.05) is 12.2 Å². The predicted molar refractivity (Wildman–Crippen MR) is 56.5 cm³/mol. The van der Waals surface area contributed by atoms with Crippen molar-refractivity contribution in [2.45, 2.75) is 31.0 Å². The van der Waals surface area contributed by atoms with Crippen LogP contribution in [0.3, 0.4) is 0 Å². The van der Waals surface area contributed by atoms with Crippen LogP contribution in [0.2, 0.25) is 0 Å². The van der Waals surface area contributed by atoms with Crippen LogP contribution in [0.1, 0.15) is 19.3 Å². The van der Waals surface area contributed by atoms with Crippen LogP contribution in [0.25, 0.3) is 0 Å². The first-order valence-corrected chi connectivity index (χ1v) is 6.82. The molecule has 4 N–H and O–H groups in total. The Hall–Kier alpha value is -0.150. The number of allylic oxidation sites excluding steroid dienone is 2. The Morgan fingerprint density at radius 2 is 2.29 bits per heavy atom. The molecule has 0 bridgehead atoms. The largest absolute Gasteiger partial charge is 0.391 e. The van der Waals surface area contributed by atoms with Gasteiger partial charge in [-0.2, -0.15) is 0 Å². The van der Waals surface area contributed by atoms with Gasteiger partial charge in [0.2, 0.25) is 7.37 Å². The quantitative estimate of drug-likeness (QED) is 0.479. The number of nitrogens with two attached hydrogens (primary N) is 1. The van der Waals surface area contributed by atoms with Gasteiger partial charge in [0, 0.05) is 12.2 Å². The normalized spacial score (nSPS) is 28.4. The van der Waals surface area contributed by atoms with E-state index in [0.717, 1.165) is 12.8 Å². The van der Waals surface area contributed by atoms with Crippen molar-refractivity contribution in [2.24, 2.45) is 5.73 Å². The Bertz CT molecular complexity index is 254. The molecule has 0 aromatic carbocycles. The first-order valence-electron chi connectivity index (χ1n) is 4.91. The van der Waals surface area contributed by atoms with E-state index in [9.17, 15) is 14.6 Å². The Kier molecular flexibility index (Phi) is 4.32. The van der Waals surface area contributed by atoms with Gasteiger partial charge in [-0.05, 0) is 19.3 Å². The molecule has 0 amide bonds. The van der Waals surface area contributed by atoms with E-state index in [0.29, 0.717) is 6.42 Å². The molecule has 0 fully saturated rings. The molecule has 14 heavy (non-hydrogen) atoms. The van der Waals surface area contributed by atoms with Gasteiger partial charge in [0.25, 0.3) is 0 Å². The molecule has 0 saturated heterocycles. The molecule has 3 atom stereocenters. The van der Waals surface area contributed by atoms with Crippen molar-refractivity contribution in [1.29, 1.82) is 0 Å². The zero-order valence-electron chi connectivity index (χ0n) is 8.17. The lowest BCUT2D eigenvalue weighted by molar-refractivity contribution is 0.201. The van der Waals surface area contributed by atoms with Crippen molar-refractivity contribution in [2.75, 3.05) is 12.7 Å². The van der Waals surface area contributed by atoms with Crippen LogP contribution >= 0.6 is 7.37 Å². The van der Waals surface area contributed by atoms with Crippen LogP contribution in [0.15, 0.2) is 12.2 Å². The van der Waals surface area contributed by atoms with E-state index in [1.165, 1.54) is 0 Å². The minimum absolute atomic E-state index is 0.0487. The average molecular weight is 219 g/mol. The molecule has 0 radical (unpaired) electrons. The highest BCUT2D eigenvalue weighted by molar-refractivity contribution is 7.58. The maximum atomic E-state index is 11.8. The van der Waals surface area contributed by atoms with Crippen LogP contribution in [-0.4, -0.2) is 34.5 Å². The lowest BCUT2D eigenvalue weighted by Crippen LogP contribution is -2.26. The molecule has 3 unspecified atom stereocenters. The molecule has 5 heteroatoms. The molecule has 1 rings (SSSR count). The minimum Gasteiger partial charge on any atom is -0.391 e. The number of aliphatic hydroxyl groups is 1. The summed E-state index contributed by atoms with van der Waals surface area (Å²) in [6.07, 6.45) is 5.28. The molecule has 0 heterocycles. The third-order valence-corrected chi connectivity index (χ3v) is 5.11. The minimum atomic E-state index is -3.22. The topological polar surface area (TPSA) is 83.5 Å². The second-order valence-electron chi connectivity index (χ2n) is 3.77. The van der Waals surface area contributed by atoms with Gasteiger partial charge in [-0.15, -0.1) is 0 Å². The highest BCUT2D eigenvalue weighted by Gasteiger charge is 2.32. The van der Waals surface area contributed by atoms with Crippen LogP contribution in [0.4, 0.5) is 0 Å². The molecule has 0 aromatic heterocycles. The summed E-state index contributed by atoms with van der Waals surface area (Å²) < 4.78 is 11.8. The third kappa shape index (κ3) is 3.21. The standard InChI is InChI=1S/C9H18NO3P/c10-6-8(11)7-14(12,13)9-4-2-1-3-5-9/h1-2,8-9,11H,3-7,10H2,(H,12,13). The van der Waals surface area contributed by atoms with Gasteiger partial charge >= 0.3 is 0 Å². The van der Waals surface area contributed by atoms with Crippen LogP contribution in [0.5, 0.6) is 0 Å². The maximum absolute atomic E-state index is 11.8. The van der Waals surface area contributed by atoms with E-state index in [1.54, 1.807) is 0 Å². The fraction of sp³-hybridized carbons (Fsp3) is 0.778. The molecular formula is C9H18NO3P. The first kappa shape index (κ1) is 11.9. The van der Waals surface area contributed by atoms with Crippen molar-refractivity contribution >= 4 is 7.37 Å². The summed E-state index contributed by atoms with van der Waals surface area (Å²) in [4.78, 5) is 9.75.